The molecule has 1 aliphatic heterocycles. The third kappa shape index (κ3) is 1.91. The van der Waals surface area contributed by atoms with Crippen LogP contribution in [0.1, 0.15) is 26.3 Å². The highest BCUT2D eigenvalue weighted by Crippen LogP contribution is 2.25. The number of hydrogen-bond donors (Lipinski definition) is 0. The number of rotatable bonds is 2. The van der Waals surface area contributed by atoms with Crippen molar-refractivity contribution in [1.82, 2.24) is 0 Å². The molecule has 2 aromatic rings. The van der Waals surface area contributed by atoms with Gasteiger partial charge in [0, 0.05) is 11.1 Å². The van der Waals surface area contributed by atoms with Gasteiger partial charge >= 0.3 is 0 Å². The number of aldehydes is 1. The second-order valence-corrected chi connectivity index (χ2v) is 4.58. The monoisotopic (exact) mass is 265 g/mol. The van der Waals surface area contributed by atoms with Gasteiger partial charge in [0.2, 0.25) is 5.91 Å². The summed E-state index contributed by atoms with van der Waals surface area (Å²) in [4.78, 5) is 36.6. The summed E-state index contributed by atoms with van der Waals surface area (Å²) in [6.45, 7) is 0. The Balaban J connectivity index is 2.08. The van der Waals surface area contributed by atoms with Crippen molar-refractivity contribution in [3.63, 3.8) is 0 Å². The Morgan fingerprint density at radius 3 is 2.60 bits per heavy atom. The number of imide groups is 1. The molecule has 0 saturated heterocycles. The number of fused-ring (bicyclic) bond motifs is 1. The molecule has 20 heavy (non-hydrogen) atoms. The zero-order valence-corrected chi connectivity index (χ0v) is 10.6. The topological polar surface area (TPSA) is 54.5 Å². The van der Waals surface area contributed by atoms with Crippen LogP contribution in [0.25, 0.3) is 0 Å². The van der Waals surface area contributed by atoms with E-state index < -0.39 is 0 Å². The van der Waals surface area contributed by atoms with Crippen molar-refractivity contribution in [3.8, 4) is 0 Å². The average molecular weight is 265 g/mol. The SMILES string of the molecule is O=Cc1cccc(N2C(=O)Cc3ccccc3C2=O)c1. The molecule has 0 N–H and O–H groups in total. The zero-order chi connectivity index (χ0) is 14.1. The van der Waals surface area contributed by atoms with Crippen molar-refractivity contribution in [3.05, 3.63) is 65.2 Å². The predicted octanol–water partition coefficient (Wildman–Crippen LogP) is 2.23. The average Bonchev–Trinajstić information content (AvgIpc) is 2.47. The van der Waals surface area contributed by atoms with Crippen molar-refractivity contribution in [2.24, 2.45) is 0 Å². The lowest BCUT2D eigenvalue weighted by atomic mass is 9.98. The van der Waals surface area contributed by atoms with Crippen molar-refractivity contribution >= 4 is 23.8 Å². The van der Waals surface area contributed by atoms with E-state index in [1.165, 1.54) is 6.07 Å². The van der Waals surface area contributed by atoms with Crippen molar-refractivity contribution in [2.75, 3.05) is 4.90 Å². The first-order chi connectivity index (χ1) is 9.70. The number of hydrogen-bond acceptors (Lipinski definition) is 3. The van der Waals surface area contributed by atoms with E-state index in [1.807, 2.05) is 6.07 Å². The Hall–Kier alpha value is -2.75. The molecule has 4 heteroatoms. The van der Waals surface area contributed by atoms with Gasteiger partial charge in [-0.3, -0.25) is 14.4 Å². The first kappa shape index (κ1) is 12.3. The Morgan fingerprint density at radius 1 is 1.00 bits per heavy atom. The van der Waals surface area contributed by atoms with E-state index in [-0.39, 0.29) is 18.2 Å². The van der Waals surface area contributed by atoms with Crippen LogP contribution < -0.4 is 4.90 Å². The highest BCUT2D eigenvalue weighted by atomic mass is 16.2. The van der Waals surface area contributed by atoms with Crippen LogP contribution in [-0.4, -0.2) is 18.1 Å². The van der Waals surface area contributed by atoms with E-state index in [0.717, 1.165) is 10.5 Å². The van der Waals surface area contributed by atoms with Crippen molar-refractivity contribution < 1.29 is 14.4 Å². The van der Waals surface area contributed by atoms with Crippen LogP contribution in [0.4, 0.5) is 5.69 Å². The van der Waals surface area contributed by atoms with Crippen LogP contribution in [0.2, 0.25) is 0 Å². The fraction of sp³-hybridized carbons (Fsp3) is 0.0625. The molecule has 1 heterocycles. The lowest BCUT2D eigenvalue weighted by molar-refractivity contribution is -0.117. The number of nitrogens with zero attached hydrogens (tertiary/aromatic N) is 1. The standard InChI is InChI=1S/C16H11NO3/c18-10-11-4-3-6-13(8-11)17-15(19)9-12-5-1-2-7-14(12)16(17)20/h1-8,10H,9H2. The lowest BCUT2D eigenvalue weighted by Gasteiger charge is -2.26. The molecule has 0 spiro atoms. The fourth-order valence-corrected chi connectivity index (χ4v) is 2.36. The molecule has 0 saturated carbocycles. The van der Waals surface area contributed by atoms with E-state index in [0.29, 0.717) is 23.1 Å². The molecular weight excluding hydrogens is 254 g/mol. The van der Waals surface area contributed by atoms with E-state index >= 15 is 0 Å². The molecule has 0 aliphatic carbocycles. The van der Waals surface area contributed by atoms with Crippen LogP contribution >= 0.6 is 0 Å². The largest absolute Gasteiger partial charge is 0.298 e. The molecule has 98 valence electrons. The lowest BCUT2D eigenvalue weighted by Crippen LogP contribution is -2.42. The summed E-state index contributed by atoms with van der Waals surface area (Å²) in [5.74, 6) is -0.628. The Labute approximate surface area is 115 Å². The van der Waals surface area contributed by atoms with Crippen molar-refractivity contribution in [2.45, 2.75) is 6.42 Å². The molecule has 2 amide bonds. The third-order valence-electron chi connectivity index (χ3n) is 3.31. The predicted molar refractivity (Wildman–Crippen MR) is 73.8 cm³/mol. The van der Waals surface area contributed by atoms with Gasteiger partial charge in [-0.2, -0.15) is 0 Å². The molecule has 0 fully saturated rings. The van der Waals surface area contributed by atoms with Gasteiger partial charge in [0.15, 0.2) is 0 Å². The minimum absolute atomic E-state index is 0.188. The summed E-state index contributed by atoms with van der Waals surface area (Å²) >= 11 is 0. The number of carbonyl (C=O) groups excluding carboxylic acids is 3. The molecule has 2 aromatic carbocycles. The highest BCUT2D eigenvalue weighted by Gasteiger charge is 2.31. The van der Waals surface area contributed by atoms with Gasteiger partial charge in [0.1, 0.15) is 6.29 Å². The minimum atomic E-state index is -0.347. The summed E-state index contributed by atoms with van der Waals surface area (Å²) in [5.41, 5.74) is 2.13. The second kappa shape index (κ2) is 4.74. The smallest absolute Gasteiger partial charge is 0.265 e. The molecule has 0 unspecified atom stereocenters. The third-order valence-corrected chi connectivity index (χ3v) is 3.31. The van der Waals surface area contributed by atoms with Gasteiger partial charge < -0.3 is 0 Å². The quantitative estimate of drug-likeness (QED) is 0.618. The number of carbonyl (C=O) groups is 3. The van der Waals surface area contributed by atoms with Crippen LogP contribution in [-0.2, 0) is 11.2 Å². The number of benzene rings is 2. The highest BCUT2D eigenvalue weighted by molar-refractivity contribution is 6.24. The summed E-state index contributed by atoms with van der Waals surface area (Å²) in [5, 5.41) is 0. The molecule has 4 nitrogen and oxygen atoms in total. The van der Waals surface area contributed by atoms with Gasteiger partial charge in [-0.15, -0.1) is 0 Å². The molecular formula is C16H11NO3. The molecule has 0 radical (unpaired) electrons. The fourth-order valence-electron chi connectivity index (χ4n) is 2.36. The van der Waals surface area contributed by atoms with Crippen molar-refractivity contribution in [1.29, 1.82) is 0 Å². The van der Waals surface area contributed by atoms with Gasteiger partial charge in [0.25, 0.3) is 5.91 Å². The zero-order valence-electron chi connectivity index (χ0n) is 10.6. The van der Waals surface area contributed by atoms with Crippen LogP contribution in [0.3, 0.4) is 0 Å². The molecule has 3 rings (SSSR count). The van der Waals surface area contributed by atoms with Crippen LogP contribution in [0.5, 0.6) is 0 Å². The second-order valence-electron chi connectivity index (χ2n) is 4.58. The Morgan fingerprint density at radius 2 is 1.80 bits per heavy atom. The van der Waals surface area contributed by atoms with Crippen LogP contribution in [0.15, 0.2) is 48.5 Å². The number of amides is 2. The van der Waals surface area contributed by atoms with Gasteiger partial charge in [-0.05, 0) is 23.8 Å². The maximum Gasteiger partial charge on any atom is 0.265 e. The van der Waals surface area contributed by atoms with E-state index in [1.54, 1.807) is 36.4 Å². The molecule has 0 bridgehead atoms. The summed E-state index contributed by atoms with van der Waals surface area (Å²) in [6.07, 6.45) is 0.879. The summed E-state index contributed by atoms with van der Waals surface area (Å²) < 4.78 is 0. The first-order valence-corrected chi connectivity index (χ1v) is 6.21. The minimum Gasteiger partial charge on any atom is -0.298 e. The van der Waals surface area contributed by atoms with E-state index in [2.05, 4.69) is 0 Å². The molecule has 1 aliphatic rings. The molecule has 0 aromatic heterocycles. The van der Waals surface area contributed by atoms with Gasteiger partial charge in [0.05, 0.1) is 12.1 Å². The Kier molecular flexibility index (Phi) is 2.91. The van der Waals surface area contributed by atoms with E-state index in [9.17, 15) is 14.4 Å². The first-order valence-electron chi connectivity index (χ1n) is 6.21. The van der Waals surface area contributed by atoms with Crippen LogP contribution in [0, 0.1) is 0 Å². The maximum absolute atomic E-state index is 12.4. The number of anilines is 1. The normalized spacial score (nSPS) is 14.1. The summed E-state index contributed by atoms with van der Waals surface area (Å²) in [7, 11) is 0. The summed E-state index contributed by atoms with van der Waals surface area (Å²) in [6, 6.07) is 13.5. The maximum atomic E-state index is 12.4. The van der Waals surface area contributed by atoms with Gasteiger partial charge in [-0.1, -0.05) is 30.3 Å². The molecule has 0 atom stereocenters. The van der Waals surface area contributed by atoms with Gasteiger partial charge in [-0.25, -0.2) is 4.90 Å². The van der Waals surface area contributed by atoms with E-state index in [4.69, 9.17) is 0 Å². The Bertz CT molecular complexity index is 721.